The zero-order valence-corrected chi connectivity index (χ0v) is 24.3. The molecule has 3 atom stereocenters. The number of likely N-dealkylation sites (N-methyl/N-ethyl adjacent to an activating group) is 1. The SMILES string of the molecule is C=C(N/C=C(/B1OC(C)(C)C(C)(C)O1)C(C)CC)C1CC(OC(=O)N2Cc3cc4c(cc3C2)OCO4)CN1C. The van der Waals surface area contributed by atoms with E-state index in [0.717, 1.165) is 40.2 Å². The maximum Gasteiger partial charge on any atom is 0.492 e. The molecule has 0 spiro atoms. The minimum Gasteiger partial charge on any atom is -0.454 e. The second-order valence-electron chi connectivity index (χ2n) is 12.2. The number of carbonyl (C=O) groups excluding carboxylic acids is 1. The number of carbonyl (C=O) groups is 1. The molecule has 1 aromatic carbocycles. The number of benzene rings is 1. The highest BCUT2D eigenvalue weighted by Crippen LogP contribution is 2.40. The molecule has 0 aliphatic carbocycles. The second kappa shape index (κ2) is 10.4. The third-order valence-electron chi connectivity index (χ3n) is 8.99. The number of ether oxygens (including phenoxy) is 3. The quantitative estimate of drug-likeness (QED) is 0.504. The van der Waals surface area contributed by atoms with E-state index in [0.29, 0.717) is 26.1 Å². The molecular formula is C29H42BN3O6. The number of nitrogens with one attached hydrogen (secondary N) is 1. The van der Waals surface area contributed by atoms with Gasteiger partial charge in [0.05, 0.1) is 17.2 Å². The van der Waals surface area contributed by atoms with Crippen LogP contribution in [0.4, 0.5) is 4.79 Å². The third kappa shape index (κ3) is 5.39. The number of likely N-dealkylation sites (tertiary alicyclic amines) is 1. The molecule has 0 saturated carbocycles. The van der Waals surface area contributed by atoms with Crippen molar-refractivity contribution in [3.8, 4) is 11.5 Å². The minimum absolute atomic E-state index is 0.0311. The molecule has 0 bridgehead atoms. The maximum absolute atomic E-state index is 13.0. The fourth-order valence-corrected chi connectivity index (χ4v) is 5.51. The Balaban J connectivity index is 1.17. The van der Waals surface area contributed by atoms with Gasteiger partial charge in [-0.2, -0.15) is 0 Å². The van der Waals surface area contributed by atoms with Gasteiger partial charge in [0.25, 0.3) is 0 Å². The predicted octanol–water partition coefficient (Wildman–Crippen LogP) is 4.60. The first-order chi connectivity index (χ1) is 18.4. The summed E-state index contributed by atoms with van der Waals surface area (Å²) < 4.78 is 29.6. The lowest BCUT2D eigenvalue weighted by Gasteiger charge is -2.32. The Hall–Kier alpha value is -2.69. The van der Waals surface area contributed by atoms with Crippen LogP contribution in [0.5, 0.6) is 11.5 Å². The second-order valence-corrected chi connectivity index (χ2v) is 12.2. The number of amides is 1. The molecule has 5 rings (SSSR count). The Morgan fingerprint density at radius 2 is 1.77 bits per heavy atom. The molecule has 4 aliphatic rings. The normalized spacial score (nSPS) is 26.1. The van der Waals surface area contributed by atoms with Gasteiger partial charge in [0.2, 0.25) is 6.79 Å². The van der Waals surface area contributed by atoms with Crippen LogP contribution in [0, 0.1) is 5.92 Å². The van der Waals surface area contributed by atoms with Crippen LogP contribution in [0.1, 0.15) is 65.5 Å². The molecular weight excluding hydrogens is 497 g/mol. The highest BCUT2D eigenvalue weighted by atomic mass is 16.7. The van der Waals surface area contributed by atoms with Gasteiger partial charge in [-0.3, -0.25) is 9.80 Å². The van der Waals surface area contributed by atoms with Crippen LogP contribution in [0.2, 0.25) is 0 Å². The van der Waals surface area contributed by atoms with Crippen LogP contribution >= 0.6 is 0 Å². The van der Waals surface area contributed by atoms with Gasteiger partial charge in [-0.05, 0) is 75.6 Å². The van der Waals surface area contributed by atoms with Gasteiger partial charge in [0.1, 0.15) is 6.10 Å². The molecule has 9 nitrogen and oxygen atoms in total. The Kier molecular flexibility index (Phi) is 7.41. The predicted molar refractivity (Wildman–Crippen MR) is 149 cm³/mol. The molecule has 2 saturated heterocycles. The number of fused-ring (bicyclic) bond motifs is 2. The molecule has 0 radical (unpaired) electrons. The van der Waals surface area contributed by atoms with Crippen LogP contribution < -0.4 is 14.8 Å². The minimum atomic E-state index is -0.413. The van der Waals surface area contributed by atoms with Crippen molar-refractivity contribution >= 4 is 13.2 Å². The van der Waals surface area contributed by atoms with Gasteiger partial charge in [-0.15, -0.1) is 0 Å². The number of nitrogens with zero attached hydrogens (tertiary/aromatic N) is 2. The molecule has 0 aromatic heterocycles. The lowest BCUT2D eigenvalue weighted by Crippen LogP contribution is -2.41. The van der Waals surface area contributed by atoms with Crippen molar-refractivity contribution in [3.05, 3.63) is 47.2 Å². The highest BCUT2D eigenvalue weighted by molar-refractivity contribution is 6.54. The van der Waals surface area contributed by atoms with Crippen molar-refractivity contribution < 1.29 is 28.3 Å². The first-order valence-corrected chi connectivity index (χ1v) is 14.0. The van der Waals surface area contributed by atoms with E-state index < -0.39 is 18.3 Å². The van der Waals surface area contributed by atoms with E-state index in [4.69, 9.17) is 23.5 Å². The van der Waals surface area contributed by atoms with Crippen LogP contribution in [0.15, 0.2) is 36.1 Å². The van der Waals surface area contributed by atoms with Gasteiger partial charge in [-0.25, -0.2) is 4.79 Å². The molecule has 4 heterocycles. The van der Waals surface area contributed by atoms with E-state index in [1.807, 2.05) is 25.4 Å². The first-order valence-electron chi connectivity index (χ1n) is 14.0. The topological polar surface area (TPSA) is 81.7 Å². The summed E-state index contributed by atoms with van der Waals surface area (Å²) >= 11 is 0. The van der Waals surface area contributed by atoms with Gasteiger partial charge in [0.15, 0.2) is 11.5 Å². The molecule has 2 fully saturated rings. The molecule has 212 valence electrons. The monoisotopic (exact) mass is 539 g/mol. The zero-order chi connectivity index (χ0) is 28.1. The van der Waals surface area contributed by atoms with Crippen LogP contribution in [-0.2, 0) is 27.1 Å². The molecule has 1 amide bonds. The number of allylic oxidation sites excluding steroid dienone is 1. The number of hydrogen-bond acceptors (Lipinski definition) is 8. The van der Waals surface area contributed by atoms with Crippen molar-refractivity contribution in [2.24, 2.45) is 5.92 Å². The van der Waals surface area contributed by atoms with Crippen LogP contribution in [0.3, 0.4) is 0 Å². The summed E-state index contributed by atoms with van der Waals surface area (Å²) in [4.78, 5) is 16.9. The summed E-state index contributed by atoms with van der Waals surface area (Å²) in [6.45, 7) is 18.8. The third-order valence-corrected chi connectivity index (χ3v) is 8.99. The summed E-state index contributed by atoms with van der Waals surface area (Å²) in [5.74, 6) is 1.75. The molecule has 3 unspecified atom stereocenters. The van der Waals surface area contributed by atoms with Crippen molar-refractivity contribution in [1.82, 2.24) is 15.1 Å². The van der Waals surface area contributed by atoms with Gasteiger partial charge < -0.3 is 28.8 Å². The molecule has 1 N–H and O–H groups in total. The Morgan fingerprint density at radius 1 is 1.18 bits per heavy atom. The molecule has 39 heavy (non-hydrogen) atoms. The average molecular weight is 539 g/mol. The smallest absolute Gasteiger partial charge is 0.454 e. The van der Waals surface area contributed by atoms with Crippen molar-refractivity contribution in [2.45, 2.75) is 90.8 Å². The fourth-order valence-electron chi connectivity index (χ4n) is 5.51. The van der Waals surface area contributed by atoms with Gasteiger partial charge >= 0.3 is 13.2 Å². The van der Waals surface area contributed by atoms with E-state index in [1.165, 1.54) is 0 Å². The lowest BCUT2D eigenvalue weighted by atomic mass is 9.71. The molecule has 1 aromatic rings. The van der Waals surface area contributed by atoms with Crippen molar-refractivity contribution in [1.29, 1.82) is 0 Å². The standard InChI is InChI=1S/C29H42BN3O6/c1-9-18(2)23(30-38-28(4,5)29(6,7)39-30)13-31-19(3)24-12-22(16-32(24)8)37-27(34)33-14-20-10-25-26(36-17-35-25)11-21(20)15-33/h10-11,13,18,22,24,31H,3,9,12,14-17H2,1-2,4-8H3/b23-13+. The molecule has 10 heteroatoms. The summed E-state index contributed by atoms with van der Waals surface area (Å²) in [7, 11) is 1.62. The Bertz CT molecular complexity index is 1120. The van der Waals surface area contributed by atoms with E-state index in [-0.39, 0.29) is 30.9 Å². The van der Waals surface area contributed by atoms with Gasteiger partial charge in [0, 0.05) is 31.8 Å². The van der Waals surface area contributed by atoms with E-state index in [2.05, 4.69) is 58.3 Å². The number of rotatable bonds is 7. The van der Waals surface area contributed by atoms with Gasteiger partial charge in [-0.1, -0.05) is 26.8 Å². The fraction of sp³-hybridized carbons (Fsp3) is 0.621. The van der Waals surface area contributed by atoms with Crippen LogP contribution in [0.25, 0.3) is 0 Å². The highest BCUT2D eigenvalue weighted by Gasteiger charge is 2.53. The van der Waals surface area contributed by atoms with Crippen molar-refractivity contribution in [3.63, 3.8) is 0 Å². The van der Waals surface area contributed by atoms with E-state index in [1.54, 1.807) is 4.90 Å². The Morgan fingerprint density at radius 3 is 2.33 bits per heavy atom. The summed E-state index contributed by atoms with van der Waals surface area (Å²) in [6, 6.07) is 3.96. The average Bonchev–Trinajstić information content (AvgIpc) is 3.62. The van der Waals surface area contributed by atoms with E-state index in [9.17, 15) is 4.79 Å². The van der Waals surface area contributed by atoms with E-state index >= 15 is 0 Å². The Labute approximate surface area is 232 Å². The summed E-state index contributed by atoms with van der Waals surface area (Å²) in [5, 5.41) is 3.43. The molecule has 4 aliphatic heterocycles. The largest absolute Gasteiger partial charge is 0.492 e. The van der Waals surface area contributed by atoms with Crippen molar-refractivity contribution in [2.75, 3.05) is 20.4 Å². The first kappa shape index (κ1) is 27.9. The maximum atomic E-state index is 13.0. The lowest BCUT2D eigenvalue weighted by molar-refractivity contribution is 0.00578. The number of hydrogen-bond donors (Lipinski definition) is 1. The zero-order valence-electron chi connectivity index (χ0n) is 24.3. The summed E-state index contributed by atoms with van der Waals surface area (Å²) in [5.41, 5.74) is 3.26. The van der Waals surface area contributed by atoms with Crippen LogP contribution in [-0.4, -0.2) is 66.7 Å². The summed E-state index contributed by atoms with van der Waals surface area (Å²) in [6.07, 6.45) is 3.12.